The van der Waals surface area contributed by atoms with Crippen molar-refractivity contribution in [1.82, 2.24) is 19.7 Å². The average molecular weight is 285 g/mol. The van der Waals surface area contributed by atoms with Gasteiger partial charge < -0.3 is 15.6 Å². The van der Waals surface area contributed by atoms with Crippen LogP contribution < -0.4 is 10.5 Å². The van der Waals surface area contributed by atoms with Crippen LogP contribution in [0.15, 0.2) is 30.5 Å². The maximum absolute atomic E-state index is 8.99. The summed E-state index contributed by atoms with van der Waals surface area (Å²) in [6.45, 7) is 0.223. The summed E-state index contributed by atoms with van der Waals surface area (Å²) in [6.07, 6.45) is 1.64. The third-order valence-corrected chi connectivity index (χ3v) is 3.14. The van der Waals surface area contributed by atoms with Crippen LogP contribution in [0.1, 0.15) is 11.4 Å². The van der Waals surface area contributed by atoms with Crippen molar-refractivity contribution in [3.8, 4) is 5.75 Å². The number of aliphatic hydroxyl groups excluding tert-OH is 1. The van der Waals surface area contributed by atoms with Crippen LogP contribution in [-0.2, 0) is 20.3 Å². The number of benzene rings is 1. The second kappa shape index (κ2) is 5.37. The maximum Gasteiger partial charge on any atom is 0.170 e. The Morgan fingerprint density at radius 3 is 2.71 bits per heavy atom. The van der Waals surface area contributed by atoms with Gasteiger partial charge in [0.05, 0.1) is 18.2 Å². The van der Waals surface area contributed by atoms with Gasteiger partial charge in [0, 0.05) is 7.05 Å². The number of anilines is 1. The normalized spacial score (nSPS) is 11.0. The van der Waals surface area contributed by atoms with Gasteiger partial charge >= 0.3 is 0 Å². The summed E-state index contributed by atoms with van der Waals surface area (Å²) in [5, 5.41) is 13.8. The monoisotopic (exact) mass is 285 g/mol. The fourth-order valence-electron chi connectivity index (χ4n) is 1.99. The second-order valence-corrected chi connectivity index (χ2v) is 4.62. The van der Waals surface area contributed by atoms with E-state index >= 15 is 0 Å². The fourth-order valence-corrected chi connectivity index (χ4v) is 1.99. The minimum Gasteiger partial charge on any atom is -0.486 e. The van der Waals surface area contributed by atoms with Gasteiger partial charge in [-0.15, -0.1) is 0 Å². The quantitative estimate of drug-likeness (QED) is 0.742. The van der Waals surface area contributed by atoms with E-state index < -0.39 is 0 Å². The Labute approximate surface area is 121 Å². The number of hydrogen-bond donors (Lipinski definition) is 2. The van der Waals surface area contributed by atoms with E-state index in [0.717, 1.165) is 10.9 Å². The lowest BCUT2D eigenvalue weighted by molar-refractivity contribution is 0.280. The van der Waals surface area contributed by atoms with Crippen LogP contribution in [0, 0.1) is 0 Å². The molecule has 3 aromatic rings. The molecule has 0 aliphatic rings. The number of fused-ring (bicyclic) bond motifs is 1. The van der Waals surface area contributed by atoms with Crippen LogP contribution >= 0.6 is 0 Å². The Hall–Kier alpha value is -2.67. The Balaban J connectivity index is 1.79. The standard InChI is InChI=1S/C14H15N5O2/c1-19-14-11(6-16-19)13(15)17-12(18-14)8-21-10-4-2-9(7-20)3-5-10/h2-6,20H,7-8H2,1H3,(H2,15,17,18). The third kappa shape index (κ3) is 2.63. The summed E-state index contributed by atoms with van der Waals surface area (Å²) in [4.78, 5) is 8.60. The van der Waals surface area contributed by atoms with Crippen molar-refractivity contribution < 1.29 is 9.84 Å². The average Bonchev–Trinajstić information content (AvgIpc) is 2.88. The molecular weight excluding hydrogens is 270 g/mol. The number of aliphatic hydroxyl groups is 1. The molecule has 7 heteroatoms. The molecule has 0 aliphatic heterocycles. The molecule has 0 aliphatic carbocycles. The molecule has 0 saturated heterocycles. The van der Waals surface area contributed by atoms with Crippen molar-refractivity contribution in [3.05, 3.63) is 41.9 Å². The van der Waals surface area contributed by atoms with Gasteiger partial charge in [0.15, 0.2) is 11.5 Å². The summed E-state index contributed by atoms with van der Waals surface area (Å²) in [5.74, 6) is 1.57. The number of nitrogens with two attached hydrogens (primary N) is 1. The van der Waals surface area contributed by atoms with E-state index in [2.05, 4.69) is 15.1 Å². The van der Waals surface area contributed by atoms with Crippen molar-refractivity contribution in [2.45, 2.75) is 13.2 Å². The van der Waals surface area contributed by atoms with Crippen LogP contribution in [0.5, 0.6) is 5.75 Å². The highest BCUT2D eigenvalue weighted by atomic mass is 16.5. The molecule has 0 fully saturated rings. The van der Waals surface area contributed by atoms with E-state index in [0.29, 0.717) is 23.0 Å². The van der Waals surface area contributed by atoms with E-state index in [-0.39, 0.29) is 13.2 Å². The topological polar surface area (TPSA) is 99.1 Å². The van der Waals surface area contributed by atoms with Gasteiger partial charge in [-0.1, -0.05) is 12.1 Å². The number of aryl methyl sites for hydroxylation is 1. The zero-order valence-electron chi connectivity index (χ0n) is 11.5. The summed E-state index contributed by atoms with van der Waals surface area (Å²) in [5.41, 5.74) is 7.40. The molecule has 2 aromatic heterocycles. The van der Waals surface area contributed by atoms with Crippen molar-refractivity contribution in [1.29, 1.82) is 0 Å². The van der Waals surface area contributed by atoms with Gasteiger partial charge in [0.1, 0.15) is 18.2 Å². The van der Waals surface area contributed by atoms with Crippen molar-refractivity contribution in [2.24, 2.45) is 7.05 Å². The van der Waals surface area contributed by atoms with Gasteiger partial charge in [0.25, 0.3) is 0 Å². The molecule has 0 saturated carbocycles. The van der Waals surface area contributed by atoms with E-state index in [1.54, 1.807) is 42.2 Å². The van der Waals surface area contributed by atoms with E-state index in [1.165, 1.54) is 0 Å². The highest BCUT2D eigenvalue weighted by Crippen LogP contribution is 2.18. The smallest absolute Gasteiger partial charge is 0.170 e. The van der Waals surface area contributed by atoms with Gasteiger partial charge in [-0.3, -0.25) is 4.68 Å². The molecule has 108 valence electrons. The van der Waals surface area contributed by atoms with Crippen LogP contribution in [0.3, 0.4) is 0 Å². The predicted octanol–water partition coefficient (Wildman–Crippen LogP) is 1.02. The summed E-state index contributed by atoms with van der Waals surface area (Å²) < 4.78 is 7.27. The predicted molar refractivity (Wildman–Crippen MR) is 77.4 cm³/mol. The summed E-state index contributed by atoms with van der Waals surface area (Å²) in [7, 11) is 1.80. The van der Waals surface area contributed by atoms with Crippen LogP contribution in [0.25, 0.3) is 11.0 Å². The second-order valence-electron chi connectivity index (χ2n) is 4.62. The number of aromatic nitrogens is 4. The number of ether oxygens (including phenoxy) is 1. The highest BCUT2D eigenvalue weighted by Gasteiger charge is 2.09. The Bertz CT molecular complexity index is 767. The number of nitrogen functional groups attached to an aromatic ring is 1. The summed E-state index contributed by atoms with van der Waals surface area (Å²) >= 11 is 0. The molecule has 0 unspecified atom stereocenters. The lowest BCUT2D eigenvalue weighted by atomic mass is 10.2. The van der Waals surface area contributed by atoms with Crippen molar-refractivity contribution in [2.75, 3.05) is 5.73 Å². The van der Waals surface area contributed by atoms with Crippen LogP contribution in [0.2, 0.25) is 0 Å². The molecule has 3 rings (SSSR count). The molecule has 0 amide bonds. The molecule has 0 bridgehead atoms. The zero-order valence-corrected chi connectivity index (χ0v) is 11.5. The van der Waals surface area contributed by atoms with Gasteiger partial charge in [-0.25, -0.2) is 9.97 Å². The molecule has 0 atom stereocenters. The Morgan fingerprint density at radius 1 is 1.24 bits per heavy atom. The minimum atomic E-state index is 0.0110. The van der Waals surface area contributed by atoms with E-state index in [4.69, 9.17) is 15.6 Å². The first-order chi connectivity index (χ1) is 10.2. The molecule has 1 aromatic carbocycles. The Morgan fingerprint density at radius 2 is 2.00 bits per heavy atom. The number of nitrogens with zero attached hydrogens (tertiary/aromatic N) is 4. The fraction of sp³-hybridized carbons (Fsp3) is 0.214. The van der Waals surface area contributed by atoms with Crippen molar-refractivity contribution >= 4 is 16.9 Å². The number of hydrogen-bond acceptors (Lipinski definition) is 6. The van der Waals surface area contributed by atoms with Gasteiger partial charge in [-0.05, 0) is 17.7 Å². The highest BCUT2D eigenvalue weighted by molar-refractivity contribution is 5.84. The lowest BCUT2D eigenvalue weighted by Crippen LogP contribution is -2.06. The molecule has 0 spiro atoms. The first kappa shape index (κ1) is 13.3. The van der Waals surface area contributed by atoms with Crippen molar-refractivity contribution in [3.63, 3.8) is 0 Å². The minimum absolute atomic E-state index is 0.0110. The maximum atomic E-state index is 8.99. The SMILES string of the molecule is Cn1ncc2c(N)nc(COc3ccc(CO)cc3)nc21. The largest absolute Gasteiger partial charge is 0.486 e. The Kier molecular flexibility index (Phi) is 3.41. The molecule has 0 radical (unpaired) electrons. The molecule has 21 heavy (non-hydrogen) atoms. The lowest BCUT2D eigenvalue weighted by Gasteiger charge is -2.07. The zero-order chi connectivity index (χ0) is 14.8. The summed E-state index contributed by atoms with van der Waals surface area (Å²) in [6, 6.07) is 7.18. The van der Waals surface area contributed by atoms with Gasteiger partial charge in [0.2, 0.25) is 0 Å². The van der Waals surface area contributed by atoms with Crippen LogP contribution in [-0.4, -0.2) is 24.9 Å². The van der Waals surface area contributed by atoms with E-state index in [9.17, 15) is 0 Å². The van der Waals surface area contributed by atoms with Crippen LogP contribution in [0.4, 0.5) is 5.82 Å². The molecular formula is C14H15N5O2. The molecule has 7 nitrogen and oxygen atoms in total. The first-order valence-electron chi connectivity index (χ1n) is 6.44. The molecule has 2 heterocycles. The third-order valence-electron chi connectivity index (χ3n) is 3.14. The number of rotatable bonds is 4. The first-order valence-corrected chi connectivity index (χ1v) is 6.44. The van der Waals surface area contributed by atoms with E-state index in [1.807, 2.05) is 0 Å². The molecule has 3 N–H and O–H groups in total. The van der Waals surface area contributed by atoms with Gasteiger partial charge in [-0.2, -0.15) is 5.10 Å².